The molecule has 2 rings (SSSR count). The second-order valence-corrected chi connectivity index (χ2v) is 5.52. The summed E-state index contributed by atoms with van der Waals surface area (Å²) in [4.78, 5) is 23.1. The van der Waals surface area contributed by atoms with Crippen LogP contribution in [0.3, 0.4) is 0 Å². The second kappa shape index (κ2) is 8.13. The zero-order valence-electron chi connectivity index (χ0n) is 13.2. The third kappa shape index (κ3) is 5.19. The van der Waals surface area contributed by atoms with Gasteiger partial charge in [-0.1, -0.05) is 11.6 Å². The summed E-state index contributed by atoms with van der Waals surface area (Å²) in [5.41, 5.74) is 0.997. The summed E-state index contributed by atoms with van der Waals surface area (Å²) in [7, 11) is 0. The topological polar surface area (TPSA) is 94.0 Å². The third-order valence-electron chi connectivity index (χ3n) is 3.10. The predicted octanol–water partition coefficient (Wildman–Crippen LogP) is 3.36. The molecule has 0 saturated carbocycles. The van der Waals surface area contributed by atoms with Crippen molar-refractivity contribution in [3.05, 3.63) is 52.8 Å². The largest absolute Gasteiger partial charge is 0.374 e. The Labute approximate surface area is 148 Å². The van der Waals surface area contributed by atoms with Gasteiger partial charge in [0.1, 0.15) is 11.9 Å². The van der Waals surface area contributed by atoms with Crippen molar-refractivity contribution in [3.63, 3.8) is 0 Å². The first-order chi connectivity index (χ1) is 11.9. The lowest BCUT2D eigenvalue weighted by molar-refractivity contribution is -0.115. The molecule has 0 radical (unpaired) electrons. The Bertz CT molecular complexity index is 864. The van der Waals surface area contributed by atoms with E-state index in [2.05, 4.69) is 16.0 Å². The molecular formula is C17H14ClFN4O2. The third-order valence-corrected chi connectivity index (χ3v) is 3.34. The lowest BCUT2D eigenvalue weighted by atomic mass is 10.2. The molecule has 0 heterocycles. The van der Waals surface area contributed by atoms with E-state index in [0.717, 1.165) is 0 Å². The number of benzene rings is 2. The van der Waals surface area contributed by atoms with Gasteiger partial charge in [-0.2, -0.15) is 5.26 Å². The molecule has 0 saturated heterocycles. The van der Waals surface area contributed by atoms with Crippen LogP contribution in [0, 0.1) is 17.1 Å². The fourth-order valence-corrected chi connectivity index (χ4v) is 2.20. The maximum absolute atomic E-state index is 13.8. The Morgan fingerprint density at radius 2 is 1.92 bits per heavy atom. The fourth-order valence-electron chi connectivity index (χ4n) is 2.03. The molecule has 25 heavy (non-hydrogen) atoms. The highest BCUT2D eigenvalue weighted by molar-refractivity contribution is 6.31. The van der Waals surface area contributed by atoms with Crippen molar-refractivity contribution in [2.75, 3.05) is 22.5 Å². The lowest BCUT2D eigenvalue weighted by Gasteiger charge is -2.11. The fraction of sp³-hybridized carbons (Fsp3) is 0.118. The quantitative estimate of drug-likeness (QED) is 0.762. The Kier molecular flexibility index (Phi) is 5.93. The van der Waals surface area contributed by atoms with Gasteiger partial charge in [-0.05, 0) is 36.4 Å². The van der Waals surface area contributed by atoms with E-state index < -0.39 is 11.7 Å². The molecule has 2 aromatic carbocycles. The average molecular weight is 361 g/mol. The highest BCUT2D eigenvalue weighted by Crippen LogP contribution is 2.21. The van der Waals surface area contributed by atoms with Gasteiger partial charge in [0.15, 0.2) is 0 Å². The normalized spacial score (nSPS) is 9.84. The smallest absolute Gasteiger partial charge is 0.243 e. The predicted molar refractivity (Wildman–Crippen MR) is 94.0 cm³/mol. The number of nitrogens with one attached hydrogen (secondary N) is 3. The molecular weight excluding hydrogens is 347 g/mol. The number of carbonyl (C=O) groups excluding carboxylic acids is 2. The summed E-state index contributed by atoms with van der Waals surface area (Å²) < 4.78 is 13.8. The lowest BCUT2D eigenvalue weighted by Crippen LogP contribution is -2.22. The van der Waals surface area contributed by atoms with E-state index in [9.17, 15) is 14.0 Å². The van der Waals surface area contributed by atoms with Crippen molar-refractivity contribution >= 4 is 40.5 Å². The average Bonchev–Trinajstić information content (AvgIpc) is 2.55. The van der Waals surface area contributed by atoms with Crippen molar-refractivity contribution in [1.29, 1.82) is 5.26 Å². The molecule has 0 spiro atoms. The summed E-state index contributed by atoms with van der Waals surface area (Å²) in [6.07, 6.45) is 0. The van der Waals surface area contributed by atoms with Crippen LogP contribution in [0.15, 0.2) is 36.4 Å². The minimum absolute atomic E-state index is 0.0630. The summed E-state index contributed by atoms with van der Waals surface area (Å²) in [6.45, 7) is 1.10. The number of carbonyl (C=O) groups is 2. The number of hydrogen-bond acceptors (Lipinski definition) is 4. The van der Waals surface area contributed by atoms with Gasteiger partial charge in [-0.15, -0.1) is 0 Å². The van der Waals surface area contributed by atoms with E-state index in [0.29, 0.717) is 10.7 Å². The first-order valence-corrected chi connectivity index (χ1v) is 7.57. The number of anilines is 3. The van der Waals surface area contributed by atoms with Crippen molar-refractivity contribution in [2.45, 2.75) is 6.92 Å². The van der Waals surface area contributed by atoms with Gasteiger partial charge in [-0.25, -0.2) is 4.39 Å². The summed E-state index contributed by atoms with van der Waals surface area (Å²) >= 11 is 5.85. The molecule has 0 fully saturated rings. The maximum Gasteiger partial charge on any atom is 0.243 e. The van der Waals surface area contributed by atoms with Gasteiger partial charge in [0.05, 0.1) is 23.5 Å². The number of nitriles is 1. The number of amides is 2. The summed E-state index contributed by atoms with van der Waals surface area (Å²) in [5.74, 6) is -1.34. The van der Waals surface area contributed by atoms with Crippen LogP contribution < -0.4 is 16.0 Å². The van der Waals surface area contributed by atoms with E-state index in [1.165, 1.54) is 43.3 Å². The monoisotopic (exact) mass is 360 g/mol. The number of hydrogen-bond donors (Lipinski definition) is 3. The molecule has 2 aromatic rings. The van der Waals surface area contributed by atoms with Crippen LogP contribution in [0.4, 0.5) is 21.5 Å². The molecule has 128 valence electrons. The molecule has 0 bridgehead atoms. The van der Waals surface area contributed by atoms with Crippen LogP contribution in [0.1, 0.15) is 12.5 Å². The van der Waals surface area contributed by atoms with E-state index in [1.807, 2.05) is 6.07 Å². The molecule has 0 aliphatic carbocycles. The van der Waals surface area contributed by atoms with E-state index in [-0.39, 0.29) is 29.4 Å². The van der Waals surface area contributed by atoms with E-state index in [1.54, 1.807) is 0 Å². The Morgan fingerprint density at radius 3 is 2.60 bits per heavy atom. The summed E-state index contributed by atoms with van der Waals surface area (Å²) in [6, 6.07) is 10.4. The van der Waals surface area contributed by atoms with Crippen LogP contribution in [0.25, 0.3) is 0 Å². The van der Waals surface area contributed by atoms with Gasteiger partial charge in [0, 0.05) is 17.6 Å². The summed E-state index contributed by atoms with van der Waals surface area (Å²) in [5, 5.41) is 17.1. The maximum atomic E-state index is 13.8. The molecule has 6 nitrogen and oxygen atoms in total. The highest BCUT2D eigenvalue weighted by atomic mass is 35.5. The highest BCUT2D eigenvalue weighted by Gasteiger charge is 2.10. The van der Waals surface area contributed by atoms with Gasteiger partial charge < -0.3 is 16.0 Å². The van der Waals surface area contributed by atoms with E-state index >= 15 is 0 Å². The van der Waals surface area contributed by atoms with Crippen LogP contribution in [0.5, 0.6) is 0 Å². The minimum atomic E-state index is -0.567. The van der Waals surface area contributed by atoms with Crippen LogP contribution in [-0.4, -0.2) is 18.4 Å². The van der Waals surface area contributed by atoms with Crippen molar-refractivity contribution < 1.29 is 14.0 Å². The van der Waals surface area contributed by atoms with Gasteiger partial charge in [0.25, 0.3) is 0 Å². The van der Waals surface area contributed by atoms with Gasteiger partial charge in [0.2, 0.25) is 11.8 Å². The first-order valence-electron chi connectivity index (χ1n) is 7.19. The second-order valence-electron chi connectivity index (χ2n) is 5.08. The van der Waals surface area contributed by atoms with Crippen molar-refractivity contribution in [3.8, 4) is 6.07 Å². The molecule has 0 aromatic heterocycles. The van der Waals surface area contributed by atoms with Crippen molar-refractivity contribution in [1.82, 2.24) is 0 Å². The Morgan fingerprint density at radius 1 is 1.16 bits per heavy atom. The molecule has 2 amide bonds. The van der Waals surface area contributed by atoms with Crippen LogP contribution >= 0.6 is 11.6 Å². The molecule has 0 unspecified atom stereocenters. The van der Waals surface area contributed by atoms with Crippen LogP contribution in [0.2, 0.25) is 5.02 Å². The first kappa shape index (κ1) is 18.2. The Balaban J connectivity index is 2.04. The molecule has 8 heteroatoms. The standard InChI is InChI=1S/C17H14ClFN4O2/c1-10(24)22-13-4-5-14(19)16(7-13)21-9-17(25)23-15-6-12(18)3-2-11(15)8-20/h2-7,21H,9H2,1H3,(H,22,24)(H,23,25). The zero-order chi connectivity index (χ0) is 18.4. The SMILES string of the molecule is CC(=O)Nc1ccc(F)c(NCC(=O)Nc2cc(Cl)ccc2C#N)c1. The minimum Gasteiger partial charge on any atom is -0.374 e. The van der Waals surface area contributed by atoms with Gasteiger partial charge in [-0.3, -0.25) is 9.59 Å². The van der Waals surface area contributed by atoms with E-state index in [4.69, 9.17) is 16.9 Å². The number of rotatable bonds is 5. The molecule has 0 aliphatic rings. The van der Waals surface area contributed by atoms with Gasteiger partial charge >= 0.3 is 0 Å². The number of nitrogens with zero attached hydrogens (tertiary/aromatic N) is 1. The van der Waals surface area contributed by atoms with Crippen molar-refractivity contribution in [2.24, 2.45) is 0 Å². The Hall–Kier alpha value is -3.11. The molecule has 0 aliphatic heterocycles. The molecule has 0 atom stereocenters. The van der Waals surface area contributed by atoms with Crippen LogP contribution in [-0.2, 0) is 9.59 Å². The number of halogens is 2. The zero-order valence-corrected chi connectivity index (χ0v) is 13.9. The molecule has 3 N–H and O–H groups in total.